The van der Waals surface area contributed by atoms with Crippen molar-refractivity contribution in [2.45, 2.75) is 40.7 Å². The van der Waals surface area contributed by atoms with Crippen molar-refractivity contribution in [1.29, 1.82) is 0 Å². The molecule has 7 heteroatoms. The second kappa shape index (κ2) is 10.0. The fourth-order valence-electron chi connectivity index (χ4n) is 2.55. The average molecular weight is 461 g/mol. The fraction of sp³-hybridized carbons (Fsp3) is 0.529. The lowest BCUT2D eigenvalue weighted by Gasteiger charge is -2.11. The molecule has 0 atom stereocenters. The number of nitrogens with zero attached hydrogens (tertiary/aromatic N) is 3. The Bertz CT molecular complexity index is 675. The summed E-state index contributed by atoms with van der Waals surface area (Å²) >= 11 is 1.80. The first-order valence-electron chi connectivity index (χ1n) is 8.07. The first-order valence-corrected chi connectivity index (χ1v) is 8.89. The topological polar surface area (TPSA) is 54.2 Å². The van der Waals surface area contributed by atoms with Crippen LogP contribution in [0, 0.1) is 20.8 Å². The Balaban J connectivity index is 0.00000288. The predicted molar refractivity (Wildman–Crippen MR) is 114 cm³/mol. The van der Waals surface area contributed by atoms with Crippen LogP contribution >= 0.6 is 35.3 Å². The molecule has 0 amide bonds. The van der Waals surface area contributed by atoms with Gasteiger partial charge in [-0.1, -0.05) is 0 Å². The van der Waals surface area contributed by atoms with E-state index in [0.29, 0.717) is 0 Å². The van der Waals surface area contributed by atoms with Crippen LogP contribution in [-0.2, 0) is 20.0 Å². The third-order valence-corrected chi connectivity index (χ3v) is 4.85. The summed E-state index contributed by atoms with van der Waals surface area (Å²) in [5, 5.41) is 11.2. The molecule has 0 unspecified atom stereocenters. The van der Waals surface area contributed by atoms with Gasteiger partial charge in [-0.3, -0.25) is 4.68 Å². The molecule has 2 N–H and O–H groups in total. The molecule has 0 spiro atoms. The monoisotopic (exact) mass is 461 g/mol. The molecular formula is C17H28IN5S. The molecule has 2 heterocycles. The summed E-state index contributed by atoms with van der Waals surface area (Å²) in [7, 11) is 1.99. The number of hydrogen-bond donors (Lipinski definition) is 2. The van der Waals surface area contributed by atoms with Crippen molar-refractivity contribution in [3.05, 3.63) is 38.8 Å². The van der Waals surface area contributed by atoms with E-state index < -0.39 is 0 Å². The maximum absolute atomic E-state index is 4.66. The van der Waals surface area contributed by atoms with Crippen LogP contribution in [0.5, 0.6) is 0 Å². The van der Waals surface area contributed by atoms with E-state index in [1.165, 1.54) is 21.0 Å². The Hall–Kier alpha value is -1.09. The number of rotatable bonds is 6. The number of aliphatic imine (C=N–C) groups is 1. The van der Waals surface area contributed by atoms with Crippen molar-refractivity contribution >= 4 is 41.3 Å². The number of hydrogen-bond acceptors (Lipinski definition) is 3. The van der Waals surface area contributed by atoms with Crippen LogP contribution in [0.15, 0.2) is 17.1 Å². The molecule has 0 aliphatic heterocycles. The smallest absolute Gasteiger partial charge is 0.191 e. The maximum Gasteiger partial charge on any atom is 0.191 e. The number of guanidine groups is 1. The Kier molecular flexibility index (Phi) is 8.75. The predicted octanol–water partition coefficient (Wildman–Crippen LogP) is 3.32. The van der Waals surface area contributed by atoms with E-state index >= 15 is 0 Å². The quantitative estimate of drug-likeness (QED) is 0.394. The van der Waals surface area contributed by atoms with Crippen molar-refractivity contribution in [1.82, 2.24) is 20.4 Å². The van der Waals surface area contributed by atoms with Crippen molar-refractivity contribution in [3.8, 4) is 0 Å². The SMILES string of the molecule is CCNC(=NCc1ccc(C)s1)NCCc1c(C)nn(C)c1C.I. The van der Waals surface area contributed by atoms with Gasteiger partial charge in [0, 0.05) is 35.6 Å². The summed E-state index contributed by atoms with van der Waals surface area (Å²) in [5.74, 6) is 0.873. The summed E-state index contributed by atoms with van der Waals surface area (Å²) in [4.78, 5) is 7.28. The van der Waals surface area contributed by atoms with Crippen molar-refractivity contribution in [3.63, 3.8) is 0 Å². The first kappa shape index (κ1) is 21.0. The van der Waals surface area contributed by atoms with Crippen LogP contribution < -0.4 is 10.6 Å². The second-order valence-corrected chi connectivity index (χ2v) is 7.03. The number of aromatic nitrogens is 2. The summed E-state index contributed by atoms with van der Waals surface area (Å²) in [6.45, 7) is 10.8. The minimum atomic E-state index is 0. The van der Waals surface area contributed by atoms with Gasteiger partial charge in [0.2, 0.25) is 0 Å². The molecule has 0 aliphatic carbocycles. The van der Waals surface area contributed by atoms with E-state index in [0.717, 1.165) is 37.7 Å². The molecule has 0 radical (unpaired) electrons. The zero-order chi connectivity index (χ0) is 16.8. The third-order valence-electron chi connectivity index (χ3n) is 3.86. The minimum Gasteiger partial charge on any atom is -0.357 e. The molecule has 0 saturated heterocycles. The zero-order valence-electron chi connectivity index (χ0n) is 15.1. The highest BCUT2D eigenvalue weighted by Crippen LogP contribution is 2.15. The molecule has 2 aromatic rings. The van der Waals surface area contributed by atoms with Crippen molar-refractivity contribution in [2.75, 3.05) is 13.1 Å². The van der Waals surface area contributed by atoms with Crippen molar-refractivity contribution in [2.24, 2.45) is 12.0 Å². The van der Waals surface area contributed by atoms with E-state index in [9.17, 15) is 0 Å². The first-order chi connectivity index (χ1) is 11.0. The number of aryl methyl sites for hydroxylation is 3. The third kappa shape index (κ3) is 5.77. The van der Waals surface area contributed by atoms with Crippen molar-refractivity contribution < 1.29 is 0 Å². The second-order valence-electron chi connectivity index (χ2n) is 5.66. The van der Waals surface area contributed by atoms with E-state index in [1.807, 2.05) is 11.7 Å². The van der Waals surface area contributed by atoms with Crippen LogP contribution in [0.2, 0.25) is 0 Å². The zero-order valence-corrected chi connectivity index (χ0v) is 18.3. The van der Waals surface area contributed by atoms with E-state index in [4.69, 9.17) is 0 Å². The van der Waals surface area contributed by atoms with Gasteiger partial charge in [-0.05, 0) is 51.8 Å². The van der Waals surface area contributed by atoms with Gasteiger partial charge in [-0.2, -0.15) is 5.10 Å². The average Bonchev–Trinajstić information content (AvgIpc) is 3.02. The molecule has 0 bridgehead atoms. The Morgan fingerprint density at radius 1 is 1.25 bits per heavy atom. The molecule has 0 fully saturated rings. The number of thiophene rings is 1. The van der Waals surface area contributed by atoms with Gasteiger partial charge in [0.25, 0.3) is 0 Å². The summed E-state index contributed by atoms with van der Waals surface area (Å²) < 4.78 is 1.95. The lowest BCUT2D eigenvalue weighted by atomic mass is 10.1. The lowest BCUT2D eigenvalue weighted by molar-refractivity contribution is 0.729. The largest absolute Gasteiger partial charge is 0.357 e. The van der Waals surface area contributed by atoms with Gasteiger partial charge < -0.3 is 10.6 Å². The van der Waals surface area contributed by atoms with Crippen LogP contribution in [0.25, 0.3) is 0 Å². The minimum absolute atomic E-state index is 0. The van der Waals surface area contributed by atoms with Gasteiger partial charge in [-0.25, -0.2) is 4.99 Å². The fourth-order valence-corrected chi connectivity index (χ4v) is 3.37. The van der Waals surface area contributed by atoms with E-state index in [-0.39, 0.29) is 24.0 Å². The molecule has 0 aromatic carbocycles. The lowest BCUT2D eigenvalue weighted by Crippen LogP contribution is -2.38. The Morgan fingerprint density at radius 3 is 2.54 bits per heavy atom. The summed E-state index contributed by atoms with van der Waals surface area (Å²) in [5.41, 5.74) is 3.67. The number of nitrogens with one attached hydrogen (secondary N) is 2. The van der Waals surface area contributed by atoms with Gasteiger partial charge in [0.1, 0.15) is 0 Å². The molecule has 0 saturated carbocycles. The highest BCUT2D eigenvalue weighted by molar-refractivity contribution is 14.0. The van der Waals surface area contributed by atoms with Gasteiger partial charge >= 0.3 is 0 Å². The maximum atomic E-state index is 4.66. The van der Waals surface area contributed by atoms with Gasteiger partial charge in [-0.15, -0.1) is 35.3 Å². The molecule has 24 heavy (non-hydrogen) atoms. The van der Waals surface area contributed by atoms with E-state index in [1.54, 1.807) is 11.3 Å². The van der Waals surface area contributed by atoms with Gasteiger partial charge in [0.15, 0.2) is 5.96 Å². The molecule has 2 rings (SSSR count). The molecule has 2 aromatic heterocycles. The summed E-state index contributed by atoms with van der Waals surface area (Å²) in [6, 6.07) is 4.29. The highest BCUT2D eigenvalue weighted by Gasteiger charge is 2.09. The Morgan fingerprint density at radius 2 is 2.00 bits per heavy atom. The number of halogens is 1. The molecule has 5 nitrogen and oxygen atoms in total. The van der Waals surface area contributed by atoms with Crippen LogP contribution in [0.4, 0.5) is 0 Å². The van der Waals surface area contributed by atoms with Crippen LogP contribution in [0.3, 0.4) is 0 Å². The highest BCUT2D eigenvalue weighted by atomic mass is 127. The van der Waals surface area contributed by atoms with Crippen LogP contribution in [-0.4, -0.2) is 28.8 Å². The normalized spacial score (nSPS) is 11.3. The molecule has 0 aliphatic rings. The van der Waals surface area contributed by atoms with Gasteiger partial charge in [0.05, 0.1) is 12.2 Å². The Labute approximate surface area is 166 Å². The molecule has 134 valence electrons. The van der Waals surface area contributed by atoms with E-state index in [2.05, 4.69) is 60.6 Å². The standard InChI is InChI=1S/C17H27N5S.HI/c1-6-18-17(20-11-15-8-7-12(2)23-15)19-10-9-16-13(3)21-22(5)14(16)4;/h7-8H,6,9-11H2,1-5H3,(H2,18,19,20);1H. The molecular weight excluding hydrogens is 433 g/mol. The van der Waals surface area contributed by atoms with Crippen LogP contribution in [0.1, 0.15) is 33.6 Å². The summed E-state index contributed by atoms with van der Waals surface area (Å²) in [6.07, 6.45) is 0.952.